The van der Waals surface area contributed by atoms with Gasteiger partial charge in [-0.1, -0.05) is 74.5 Å². The molecule has 2 N–H and O–H groups in total. The van der Waals surface area contributed by atoms with Crippen molar-refractivity contribution >= 4 is 18.0 Å². The molecule has 0 aliphatic carbocycles. The number of carbonyl (C=O) groups is 3. The molecule has 34 heavy (non-hydrogen) atoms. The lowest BCUT2D eigenvalue weighted by Crippen LogP contribution is -2.53. The van der Waals surface area contributed by atoms with Crippen molar-refractivity contribution in [1.29, 1.82) is 0 Å². The quantitative estimate of drug-likeness (QED) is 0.504. The predicted octanol–water partition coefficient (Wildman–Crippen LogP) is 4.40. The zero-order valence-corrected chi connectivity index (χ0v) is 20.7. The van der Waals surface area contributed by atoms with E-state index in [0.717, 1.165) is 11.1 Å². The van der Waals surface area contributed by atoms with E-state index < -0.39 is 35.7 Å². The molecule has 7 heteroatoms. The van der Waals surface area contributed by atoms with E-state index in [4.69, 9.17) is 9.47 Å². The maximum absolute atomic E-state index is 13.2. The van der Waals surface area contributed by atoms with Gasteiger partial charge in [0.2, 0.25) is 5.91 Å². The van der Waals surface area contributed by atoms with E-state index in [9.17, 15) is 14.4 Å². The number of amides is 2. The Labute approximate surface area is 202 Å². The normalized spacial score (nSPS) is 13.0. The van der Waals surface area contributed by atoms with Crippen LogP contribution >= 0.6 is 0 Å². The minimum atomic E-state index is -0.922. The Hall–Kier alpha value is -3.35. The Kier molecular flexibility index (Phi) is 10.1. The smallest absolute Gasteiger partial charge is 0.408 e. The molecule has 0 fully saturated rings. The number of ether oxygens (including phenoxy) is 2. The minimum absolute atomic E-state index is 0.119. The van der Waals surface area contributed by atoms with Crippen molar-refractivity contribution in [2.75, 3.05) is 0 Å². The second-order valence-corrected chi connectivity index (χ2v) is 9.67. The van der Waals surface area contributed by atoms with E-state index in [2.05, 4.69) is 10.6 Å². The fraction of sp³-hybridized carbons (Fsp3) is 0.444. The van der Waals surface area contributed by atoms with Gasteiger partial charge in [-0.15, -0.1) is 0 Å². The van der Waals surface area contributed by atoms with Gasteiger partial charge in [-0.25, -0.2) is 9.59 Å². The molecule has 2 aromatic carbocycles. The van der Waals surface area contributed by atoms with Gasteiger partial charge in [-0.05, 0) is 44.2 Å². The molecule has 0 saturated heterocycles. The number of nitrogens with one attached hydrogen (secondary N) is 2. The molecule has 0 heterocycles. The molecule has 184 valence electrons. The second kappa shape index (κ2) is 12.8. The highest BCUT2D eigenvalue weighted by molar-refractivity contribution is 5.90. The van der Waals surface area contributed by atoms with E-state index in [-0.39, 0.29) is 18.9 Å². The van der Waals surface area contributed by atoms with Crippen molar-refractivity contribution in [2.45, 2.75) is 71.8 Å². The summed E-state index contributed by atoms with van der Waals surface area (Å²) in [6.07, 6.45) is -0.0425. The number of benzene rings is 2. The number of esters is 1. The molecule has 0 aliphatic heterocycles. The van der Waals surface area contributed by atoms with Gasteiger partial charge in [0.25, 0.3) is 0 Å². The first kappa shape index (κ1) is 26.9. The molecule has 0 bridgehead atoms. The van der Waals surface area contributed by atoms with Crippen LogP contribution in [0, 0.1) is 5.92 Å². The van der Waals surface area contributed by atoms with Crippen LogP contribution in [0.2, 0.25) is 0 Å². The van der Waals surface area contributed by atoms with Crippen molar-refractivity contribution in [3.63, 3.8) is 0 Å². The Morgan fingerprint density at radius 2 is 1.38 bits per heavy atom. The highest BCUT2D eigenvalue weighted by Gasteiger charge is 2.29. The number of carbonyl (C=O) groups excluding carboxylic acids is 3. The summed E-state index contributed by atoms with van der Waals surface area (Å²) in [6, 6.07) is 16.9. The Balaban J connectivity index is 2.12. The third-order valence-electron chi connectivity index (χ3n) is 4.82. The maximum Gasteiger partial charge on any atom is 0.408 e. The fourth-order valence-electron chi connectivity index (χ4n) is 3.30. The van der Waals surface area contributed by atoms with Crippen molar-refractivity contribution in [2.24, 2.45) is 5.92 Å². The maximum atomic E-state index is 13.2. The number of hydrogen-bond donors (Lipinski definition) is 2. The number of alkyl carbamates (subject to hydrolysis) is 1. The van der Waals surface area contributed by atoms with Crippen LogP contribution in [0.4, 0.5) is 4.79 Å². The van der Waals surface area contributed by atoms with E-state index in [1.165, 1.54) is 0 Å². The topological polar surface area (TPSA) is 93.7 Å². The Morgan fingerprint density at radius 3 is 1.91 bits per heavy atom. The van der Waals surface area contributed by atoms with Gasteiger partial charge in [0, 0.05) is 6.42 Å². The van der Waals surface area contributed by atoms with Gasteiger partial charge in [-0.3, -0.25) is 4.79 Å². The van der Waals surface area contributed by atoms with E-state index in [1.54, 1.807) is 20.8 Å². The summed E-state index contributed by atoms with van der Waals surface area (Å²) in [5.41, 5.74) is 1.02. The zero-order valence-electron chi connectivity index (χ0n) is 20.7. The fourth-order valence-corrected chi connectivity index (χ4v) is 3.30. The first-order valence-corrected chi connectivity index (χ1v) is 11.6. The van der Waals surface area contributed by atoms with Crippen molar-refractivity contribution < 1.29 is 23.9 Å². The van der Waals surface area contributed by atoms with Gasteiger partial charge in [0.05, 0.1) is 0 Å². The van der Waals surface area contributed by atoms with Gasteiger partial charge in [-0.2, -0.15) is 0 Å². The lowest BCUT2D eigenvalue weighted by molar-refractivity contribution is -0.149. The third-order valence-corrected chi connectivity index (χ3v) is 4.82. The van der Waals surface area contributed by atoms with Crippen LogP contribution in [0.15, 0.2) is 60.7 Å². The second-order valence-electron chi connectivity index (χ2n) is 9.67. The number of rotatable bonds is 10. The molecule has 0 unspecified atom stereocenters. The molecule has 0 aliphatic rings. The lowest BCUT2D eigenvalue weighted by atomic mass is 10.0. The third kappa shape index (κ3) is 10.1. The summed E-state index contributed by atoms with van der Waals surface area (Å²) in [4.78, 5) is 38.5. The standard InChI is InChI=1S/C27H36N2O5/c1-19(2)16-23(25(31)33-18-21-14-10-7-11-15-21)28-24(30)22(17-20-12-8-6-9-13-20)29-26(32)34-27(3,4)5/h6-15,19,22-23H,16-18H2,1-5H3,(H,28,30)(H,29,32)/t22-,23-/m0/s1. The molecule has 2 atom stereocenters. The molecule has 2 aromatic rings. The van der Waals surface area contributed by atoms with Crippen molar-refractivity contribution in [1.82, 2.24) is 10.6 Å². The highest BCUT2D eigenvalue weighted by atomic mass is 16.6. The largest absolute Gasteiger partial charge is 0.459 e. The molecule has 2 rings (SSSR count). The molecule has 0 aromatic heterocycles. The summed E-state index contributed by atoms with van der Waals surface area (Å²) in [7, 11) is 0. The van der Waals surface area contributed by atoms with E-state index in [0.29, 0.717) is 6.42 Å². The summed E-state index contributed by atoms with van der Waals surface area (Å²) >= 11 is 0. The van der Waals surface area contributed by atoms with Crippen LogP contribution in [0.3, 0.4) is 0 Å². The molecule has 0 spiro atoms. The Morgan fingerprint density at radius 1 is 0.824 bits per heavy atom. The van der Waals surface area contributed by atoms with Gasteiger partial charge >= 0.3 is 12.1 Å². The molecular weight excluding hydrogens is 432 g/mol. The van der Waals surface area contributed by atoms with Crippen LogP contribution < -0.4 is 10.6 Å². The average Bonchev–Trinajstić information content (AvgIpc) is 2.76. The summed E-state index contributed by atoms with van der Waals surface area (Å²) in [5, 5.41) is 5.44. The van der Waals surface area contributed by atoms with Crippen LogP contribution in [-0.4, -0.2) is 35.7 Å². The summed E-state index contributed by atoms with van der Waals surface area (Å²) in [5.74, 6) is -0.848. The monoisotopic (exact) mass is 468 g/mol. The lowest BCUT2D eigenvalue weighted by Gasteiger charge is -2.25. The highest BCUT2D eigenvalue weighted by Crippen LogP contribution is 2.12. The first-order chi connectivity index (χ1) is 16.0. The average molecular weight is 469 g/mol. The first-order valence-electron chi connectivity index (χ1n) is 11.6. The van der Waals surface area contributed by atoms with Crippen LogP contribution in [-0.2, 0) is 32.1 Å². The molecular formula is C27H36N2O5. The van der Waals surface area contributed by atoms with Crippen LogP contribution in [0.5, 0.6) is 0 Å². The van der Waals surface area contributed by atoms with Crippen LogP contribution in [0.25, 0.3) is 0 Å². The van der Waals surface area contributed by atoms with Crippen molar-refractivity contribution in [3.05, 3.63) is 71.8 Å². The molecule has 0 radical (unpaired) electrons. The predicted molar refractivity (Wildman–Crippen MR) is 131 cm³/mol. The van der Waals surface area contributed by atoms with E-state index in [1.807, 2.05) is 74.5 Å². The van der Waals surface area contributed by atoms with Gasteiger partial charge in [0.1, 0.15) is 24.3 Å². The SMILES string of the molecule is CC(C)C[C@H](NC(=O)[C@H](Cc1ccccc1)NC(=O)OC(C)(C)C)C(=O)OCc1ccccc1. The summed E-state index contributed by atoms with van der Waals surface area (Å²) < 4.78 is 10.8. The Bertz CT molecular complexity index is 923. The molecule has 7 nitrogen and oxygen atoms in total. The molecule has 0 saturated carbocycles. The molecule has 2 amide bonds. The van der Waals surface area contributed by atoms with Gasteiger partial charge < -0.3 is 20.1 Å². The minimum Gasteiger partial charge on any atom is -0.459 e. The van der Waals surface area contributed by atoms with Crippen molar-refractivity contribution in [3.8, 4) is 0 Å². The number of hydrogen-bond acceptors (Lipinski definition) is 5. The zero-order chi connectivity index (χ0) is 25.1. The van der Waals surface area contributed by atoms with E-state index >= 15 is 0 Å². The summed E-state index contributed by atoms with van der Waals surface area (Å²) in [6.45, 7) is 9.29. The van der Waals surface area contributed by atoms with Gasteiger partial charge in [0.15, 0.2) is 0 Å². The van der Waals surface area contributed by atoms with Crippen LogP contribution in [0.1, 0.15) is 52.2 Å².